The fourth-order valence-corrected chi connectivity index (χ4v) is 5.91. The van der Waals surface area contributed by atoms with Crippen molar-refractivity contribution in [3.63, 3.8) is 0 Å². The molecule has 44 heavy (non-hydrogen) atoms. The Bertz CT molecular complexity index is 601. The molecule has 0 saturated carbocycles. The molecule has 0 saturated heterocycles. The van der Waals surface area contributed by atoms with Crippen molar-refractivity contribution >= 4 is 18.4 Å². The van der Waals surface area contributed by atoms with E-state index in [1.807, 2.05) is 0 Å². The van der Waals surface area contributed by atoms with Gasteiger partial charge in [-0.25, -0.2) is 0 Å². The maximum Gasteiger partial charge on any atom is 0.308 e. The number of esters is 2. The van der Waals surface area contributed by atoms with Gasteiger partial charge in [0.25, 0.3) is 6.47 Å². The Hall–Kier alpha value is -1.59. The smallest absolute Gasteiger partial charge is 0.308 e. The predicted molar refractivity (Wildman–Crippen MR) is 183 cm³/mol. The highest BCUT2D eigenvalue weighted by Crippen LogP contribution is 2.19. The lowest BCUT2D eigenvalue weighted by Gasteiger charge is -2.15. The Morgan fingerprint density at radius 2 is 0.818 bits per heavy atom. The van der Waals surface area contributed by atoms with Crippen LogP contribution < -0.4 is 0 Å². The highest BCUT2D eigenvalue weighted by Gasteiger charge is 2.18. The monoisotopic (exact) mass is 625 g/mol. The third kappa shape index (κ3) is 25.7. The maximum absolute atomic E-state index is 12.2. The quantitative estimate of drug-likeness (QED) is 0.0307. The fourth-order valence-electron chi connectivity index (χ4n) is 5.91. The van der Waals surface area contributed by atoms with Crippen molar-refractivity contribution in [2.24, 2.45) is 11.8 Å². The van der Waals surface area contributed by atoms with E-state index in [1.54, 1.807) is 0 Å². The second-order valence-electron chi connectivity index (χ2n) is 12.9. The SMILES string of the molecule is CCCCCC(CC)C(=O)OCCCCCCCCCC(CCCCCCCCCOC(=O)C(CC)CCCCC)OC=O. The van der Waals surface area contributed by atoms with E-state index in [0.717, 1.165) is 89.9 Å². The van der Waals surface area contributed by atoms with Gasteiger partial charge >= 0.3 is 11.9 Å². The molecular weight excluding hydrogens is 552 g/mol. The van der Waals surface area contributed by atoms with E-state index in [1.165, 1.54) is 77.0 Å². The van der Waals surface area contributed by atoms with Crippen molar-refractivity contribution in [3.05, 3.63) is 0 Å². The summed E-state index contributed by atoms with van der Waals surface area (Å²) in [5.41, 5.74) is 0. The van der Waals surface area contributed by atoms with Gasteiger partial charge in [0, 0.05) is 0 Å². The van der Waals surface area contributed by atoms with Crippen LogP contribution >= 0.6 is 0 Å². The van der Waals surface area contributed by atoms with Gasteiger partial charge in [-0.2, -0.15) is 0 Å². The molecule has 6 nitrogen and oxygen atoms in total. The van der Waals surface area contributed by atoms with Crippen molar-refractivity contribution in [2.45, 2.75) is 201 Å². The van der Waals surface area contributed by atoms with Gasteiger partial charge in [0.1, 0.15) is 6.10 Å². The Kier molecular flexibility index (Phi) is 31.6. The van der Waals surface area contributed by atoms with Crippen LogP contribution in [-0.2, 0) is 28.6 Å². The minimum atomic E-state index is 0.000287. The summed E-state index contributed by atoms with van der Waals surface area (Å²) >= 11 is 0. The molecule has 2 unspecified atom stereocenters. The van der Waals surface area contributed by atoms with Gasteiger partial charge in [-0.15, -0.1) is 0 Å². The summed E-state index contributed by atoms with van der Waals surface area (Å²) in [7, 11) is 0. The summed E-state index contributed by atoms with van der Waals surface area (Å²) in [5.74, 6) is 0.154. The Morgan fingerprint density at radius 3 is 1.16 bits per heavy atom. The molecule has 0 rings (SSSR count). The highest BCUT2D eigenvalue weighted by atomic mass is 16.5. The topological polar surface area (TPSA) is 78.9 Å². The second kappa shape index (κ2) is 32.8. The average molecular weight is 625 g/mol. The molecule has 6 heteroatoms. The summed E-state index contributed by atoms with van der Waals surface area (Å²) in [6, 6.07) is 0. The summed E-state index contributed by atoms with van der Waals surface area (Å²) in [6.07, 6.45) is 28.6. The van der Waals surface area contributed by atoms with E-state index in [0.29, 0.717) is 19.7 Å². The van der Waals surface area contributed by atoms with Crippen LogP contribution in [0.25, 0.3) is 0 Å². The van der Waals surface area contributed by atoms with Crippen LogP contribution in [0.3, 0.4) is 0 Å². The molecule has 0 N–H and O–H groups in total. The lowest BCUT2D eigenvalue weighted by molar-refractivity contribution is -0.150. The van der Waals surface area contributed by atoms with Crippen molar-refractivity contribution < 1.29 is 28.6 Å². The van der Waals surface area contributed by atoms with E-state index in [9.17, 15) is 14.4 Å². The standard InChI is InChI=1S/C38H72O6/c1-5-9-21-27-34(7-3)37(40)42-31-25-19-15-11-13-17-23-29-36(44-33-39)30-24-18-14-12-16-20-26-32-43-38(41)35(8-4)28-22-10-6-2/h33-36H,5-32H2,1-4H3. The summed E-state index contributed by atoms with van der Waals surface area (Å²) in [6.45, 7) is 10.3. The first-order valence-corrected chi connectivity index (χ1v) is 19.0. The molecule has 0 spiro atoms. The van der Waals surface area contributed by atoms with Gasteiger partial charge in [0.05, 0.1) is 25.0 Å². The van der Waals surface area contributed by atoms with Crippen molar-refractivity contribution in [3.8, 4) is 0 Å². The maximum atomic E-state index is 12.2. The lowest BCUT2D eigenvalue weighted by Crippen LogP contribution is -2.17. The van der Waals surface area contributed by atoms with E-state index in [2.05, 4.69) is 27.7 Å². The number of unbranched alkanes of at least 4 members (excludes halogenated alkanes) is 16. The van der Waals surface area contributed by atoms with Gasteiger partial charge in [-0.05, 0) is 64.2 Å². The van der Waals surface area contributed by atoms with Crippen LogP contribution in [0.2, 0.25) is 0 Å². The molecule has 0 aliphatic heterocycles. The van der Waals surface area contributed by atoms with Crippen molar-refractivity contribution in [1.82, 2.24) is 0 Å². The summed E-state index contributed by atoms with van der Waals surface area (Å²) in [4.78, 5) is 35.4. The first-order valence-electron chi connectivity index (χ1n) is 19.0. The number of carbonyl (C=O) groups is 3. The van der Waals surface area contributed by atoms with Crippen LogP contribution in [0.4, 0.5) is 0 Å². The molecule has 0 aliphatic carbocycles. The molecule has 0 radical (unpaired) electrons. The zero-order chi connectivity index (χ0) is 32.5. The van der Waals surface area contributed by atoms with E-state index < -0.39 is 0 Å². The van der Waals surface area contributed by atoms with Gasteiger partial charge < -0.3 is 14.2 Å². The van der Waals surface area contributed by atoms with Crippen molar-refractivity contribution in [1.29, 1.82) is 0 Å². The zero-order valence-corrected chi connectivity index (χ0v) is 29.6. The Labute approximate surface area is 272 Å². The molecule has 0 fully saturated rings. The number of rotatable bonds is 34. The molecule has 0 amide bonds. The fraction of sp³-hybridized carbons (Fsp3) is 0.921. The molecular formula is C38H72O6. The average Bonchev–Trinajstić information content (AvgIpc) is 3.02. The highest BCUT2D eigenvalue weighted by molar-refractivity contribution is 5.72. The normalized spacial score (nSPS) is 13.3. The number of hydrogen-bond donors (Lipinski definition) is 0. The van der Waals surface area contributed by atoms with E-state index >= 15 is 0 Å². The number of carbonyl (C=O) groups excluding carboxylic acids is 3. The first-order chi connectivity index (χ1) is 21.5. The molecule has 260 valence electrons. The molecule has 0 aromatic rings. The molecule has 0 bridgehead atoms. The van der Waals surface area contributed by atoms with Crippen LogP contribution in [0, 0.1) is 11.8 Å². The molecule has 0 heterocycles. The number of hydrogen-bond acceptors (Lipinski definition) is 6. The summed E-state index contributed by atoms with van der Waals surface area (Å²) in [5, 5.41) is 0. The minimum absolute atomic E-state index is 0.000287. The first kappa shape index (κ1) is 42.4. The third-order valence-electron chi connectivity index (χ3n) is 9.04. The van der Waals surface area contributed by atoms with Crippen LogP contribution in [0.15, 0.2) is 0 Å². The molecule has 2 atom stereocenters. The second-order valence-corrected chi connectivity index (χ2v) is 12.9. The van der Waals surface area contributed by atoms with Gasteiger partial charge in [-0.1, -0.05) is 130 Å². The molecule has 0 aromatic carbocycles. The zero-order valence-electron chi connectivity index (χ0n) is 29.6. The molecule has 0 aromatic heterocycles. The van der Waals surface area contributed by atoms with Crippen LogP contribution in [-0.4, -0.2) is 37.7 Å². The third-order valence-corrected chi connectivity index (χ3v) is 9.04. The molecule has 0 aliphatic rings. The Morgan fingerprint density at radius 1 is 0.477 bits per heavy atom. The Balaban J connectivity index is 3.68. The van der Waals surface area contributed by atoms with Crippen molar-refractivity contribution in [2.75, 3.05) is 13.2 Å². The predicted octanol–water partition coefficient (Wildman–Crippen LogP) is 11.1. The summed E-state index contributed by atoms with van der Waals surface area (Å²) < 4.78 is 16.4. The van der Waals surface area contributed by atoms with Gasteiger partial charge in [0.15, 0.2) is 0 Å². The van der Waals surface area contributed by atoms with E-state index in [-0.39, 0.29) is 29.9 Å². The van der Waals surface area contributed by atoms with E-state index in [4.69, 9.17) is 14.2 Å². The van der Waals surface area contributed by atoms with Gasteiger partial charge in [-0.3, -0.25) is 14.4 Å². The van der Waals surface area contributed by atoms with Crippen LogP contribution in [0.5, 0.6) is 0 Å². The number of ether oxygens (including phenoxy) is 3. The van der Waals surface area contributed by atoms with Crippen LogP contribution in [0.1, 0.15) is 195 Å². The van der Waals surface area contributed by atoms with Gasteiger partial charge in [0.2, 0.25) is 0 Å². The minimum Gasteiger partial charge on any atom is -0.465 e. The largest absolute Gasteiger partial charge is 0.465 e. The lowest BCUT2D eigenvalue weighted by atomic mass is 9.99.